The molecule has 0 saturated carbocycles. The van der Waals surface area contributed by atoms with Gasteiger partial charge in [0, 0.05) is 11.6 Å². The number of Topliss-reactive ketones (excluding diaryl/α,β-unsaturated/α-hetero) is 1. The van der Waals surface area contributed by atoms with Crippen molar-refractivity contribution in [3.8, 4) is 0 Å². The number of piperidine rings is 1. The minimum Gasteiger partial charge on any atom is -0.383 e. The topological polar surface area (TPSA) is 68.0 Å². The van der Waals surface area contributed by atoms with Gasteiger partial charge in [-0.25, -0.2) is 4.98 Å². The molecule has 92 valence electrons. The molecule has 0 unspecified atom stereocenters. The highest BCUT2D eigenvalue weighted by Crippen LogP contribution is 2.33. The van der Waals surface area contributed by atoms with Gasteiger partial charge >= 0.3 is 0 Å². The Hall–Kier alpha value is -1.13. The van der Waals surface area contributed by atoms with E-state index in [0.29, 0.717) is 10.6 Å². The van der Waals surface area contributed by atoms with Gasteiger partial charge in [0.25, 0.3) is 0 Å². The molecule has 1 aromatic rings. The zero-order chi connectivity index (χ0) is 12.5. The largest absolute Gasteiger partial charge is 0.383 e. The van der Waals surface area contributed by atoms with E-state index in [-0.39, 0.29) is 17.0 Å². The summed E-state index contributed by atoms with van der Waals surface area (Å²) >= 11 is 5.86. The van der Waals surface area contributed by atoms with Gasteiger partial charge in [-0.05, 0) is 32.0 Å². The minimum atomic E-state index is -0.355. The molecule has 0 radical (unpaired) electrons. The van der Waals surface area contributed by atoms with Crippen LogP contribution in [-0.2, 0) is 0 Å². The second kappa shape index (κ2) is 4.63. The fourth-order valence-corrected chi connectivity index (χ4v) is 2.32. The first-order valence-corrected chi connectivity index (χ1v) is 6.07. The lowest BCUT2D eigenvalue weighted by Gasteiger charge is -2.32. The summed E-state index contributed by atoms with van der Waals surface area (Å²) in [7, 11) is 0. The highest BCUT2D eigenvalue weighted by atomic mass is 35.5. The predicted octanol–water partition coefficient (Wildman–Crippen LogP) is 1.89. The van der Waals surface area contributed by atoms with Crippen LogP contribution in [0.2, 0.25) is 5.02 Å². The SMILES string of the molecule is CC1(C(=O)c2cc(Cl)cnc2N)CCNCC1. The number of aromatic nitrogens is 1. The van der Waals surface area contributed by atoms with Crippen LogP contribution in [0.3, 0.4) is 0 Å². The van der Waals surface area contributed by atoms with Gasteiger partial charge in [-0.3, -0.25) is 4.79 Å². The Labute approximate surface area is 106 Å². The van der Waals surface area contributed by atoms with Crippen molar-refractivity contribution >= 4 is 23.2 Å². The van der Waals surface area contributed by atoms with E-state index in [1.165, 1.54) is 6.20 Å². The molecule has 0 bridgehead atoms. The zero-order valence-corrected chi connectivity index (χ0v) is 10.5. The van der Waals surface area contributed by atoms with Crippen molar-refractivity contribution in [1.29, 1.82) is 0 Å². The number of ketones is 1. The molecule has 1 aromatic heterocycles. The number of hydrogen-bond acceptors (Lipinski definition) is 4. The summed E-state index contributed by atoms with van der Waals surface area (Å²) in [4.78, 5) is 16.4. The summed E-state index contributed by atoms with van der Waals surface area (Å²) in [5, 5.41) is 3.69. The smallest absolute Gasteiger partial charge is 0.172 e. The van der Waals surface area contributed by atoms with Crippen molar-refractivity contribution in [2.45, 2.75) is 19.8 Å². The van der Waals surface area contributed by atoms with Crippen LogP contribution in [0.4, 0.5) is 5.82 Å². The number of carbonyl (C=O) groups is 1. The maximum atomic E-state index is 12.5. The third kappa shape index (κ3) is 2.42. The highest BCUT2D eigenvalue weighted by Gasteiger charge is 2.36. The van der Waals surface area contributed by atoms with Crippen molar-refractivity contribution in [3.05, 3.63) is 22.8 Å². The quantitative estimate of drug-likeness (QED) is 0.790. The molecule has 1 saturated heterocycles. The monoisotopic (exact) mass is 253 g/mol. The molecule has 1 aliphatic heterocycles. The Morgan fingerprint density at radius 3 is 2.82 bits per heavy atom. The molecule has 1 fully saturated rings. The third-order valence-electron chi connectivity index (χ3n) is 3.39. The zero-order valence-electron chi connectivity index (χ0n) is 9.79. The first-order chi connectivity index (χ1) is 8.03. The van der Waals surface area contributed by atoms with Gasteiger partial charge in [-0.2, -0.15) is 0 Å². The van der Waals surface area contributed by atoms with Crippen molar-refractivity contribution < 1.29 is 4.79 Å². The van der Waals surface area contributed by atoms with Crippen LogP contribution in [-0.4, -0.2) is 23.9 Å². The fraction of sp³-hybridized carbons (Fsp3) is 0.500. The number of halogens is 1. The molecule has 17 heavy (non-hydrogen) atoms. The van der Waals surface area contributed by atoms with E-state index in [2.05, 4.69) is 10.3 Å². The maximum absolute atomic E-state index is 12.5. The average Bonchev–Trinajstić information content (AvgIpc) is 2.32. The number of pyridine rings is 1. The molecule has 4 nitrogen and oxygen atoms in total. The molecule has 2 heterocycles. The molecule has 0 amide bonds. The summed E-state index contributed by atoms with van der Waals surface area (Å²) < 4.78 is 0. The molecule has 0 atom stereocenters. The van der Waals surface area contributed by atoms with E-state index in [9.17, 15) is 4.79 Å². The molecule has 3 N–H and O–H groups in total. The average molecular weight is 254 g/mol. The maximum Gasteiger partial charge on any atom is 0.172 e. The summed E-state index contributed by atoms with van der Waals surface area (Å²) in [6.45, 7) is 3.70. The number of nitrogen functional groups attached to an aromatic ring is 1. The Morgan fingerprint density at radius 2 is 2.18 bits per heavy atom. The molecule has 0 spiro atoms. The van der Waals surface area contributed by atoms with Crippen LogP contribution in [0.1, 0.15) is 30.1 Å². The molecule has 2 rings (SSSR count). The highest BCUT2D eigenvalue weighted by molar-refractivity contribution is 6.31. The molecule has 0 aromatic carbocycles. The van der Waals surface area contributed by atoms with Crippen molar-refractivity contribution in [1.82, 2.24) is 10.3 Å². The Kier molecular flexibility index (Phi) is 3.35. The Balaban J connectivity index is 2.32. The summed E-state index contributed by atoms with van der Waals surface area (Å²) in [6, 6.07) is 1.61. The number of nitrogens with zero attached hydrogens (tertiary/aromatic N) is 1. The van der Waals surface area contributed by atoms with Gasteiger partial charge in [0.2, 0.25) is 0 Å². The normalized spacial score (nSPS) is 18.9. The second-order valence-corrected chi connectivity index (χ2v) is 5.16. The van der Waals surface area contributed by atoms with Crippen LogP contribution in [0.5, 0.6) is 0 Å². The summed E-state index contributed by atoms with van der Waals surface area (Å²) in [5.74, 6) is 0.311. The van der Waals surface area contributed by atoms with Gasteiger partial charge in [-0.1, -0.05) is 18.5 Å². The molecule has 5 heteroatoms. The van der Waals surface area contributed by atoms with E-state index >= 15 is 0 Å². The number of nitrogens with one attached hydrogen (secondary N) is 1. The van der Waals surface area contributed by atoms with Gasteiger partial charge in [-0.15, -0.1) is 0 Å². The van der Waals surface area contributed by atoms with Gasteiger partial charge < -0.3 is 11.1 Å². The van der Waals surface area contributed by atoms with E-state index in [4.69, 9.17) is 17.3 Å². The number of anilines is 1. The van der Waals surface area contributed by atoms with Crippen molar-refractivity contribution in [2.24, 2.45) is 5.41 Å². The molecule has 1 aliphatic rings. The van der Waals surface area contributed by atoms with Crippen LogP contribution in [0, 0.1) is 5.41 Å². The van der Waals surface area contributed by atoms with Crippen LogP contribution >= 0.6 is 11.6 Å². The van der Waals surface area contributed by atoms with Crippen LogP contribution in [0.15, 0.2) is 12.3 Å². The standard InChI is InChI=1S/C12H16ClN3O/c1-12(2-4-15-5-3-12)10(17)9-6-8(13)7-16-11(9)14/h6-7,15H,2-5H2,1H3,(H2,14,16). The van der Waals surface area contributed by atoms with Crippen LogP contribution < -0.4 is 11.1 Å². The summed E-state index contributed by atoms with van der Waals surface area (Å²) in [6.07, 6.45) is 3.09. The van der Waals surface area contributed by atoms with Gasteiger partial charge in [0.05, 0.1) is 10.6 Å². The first kappa shape index (κ1) is 12.3. The molecular weight excluding hydrogens is 238 g/mol. The summed E-state index contributed by atoms with van der Waals surface area (Å²) in [5.41, 5.74) is 5.84. The Bertz CT molecular complexity index is 441. The van der Waals surface area contributed by atoms with Gasteiger partial charge in [0.15, 0.2) is 5.78 Å². The van der Waals surface area contributed by atoms with Gasteiger partial charge in [0.1, 0.15) is 5.82 Å². The number of rotatable bonds is 2. The van der Waals surface area contributed by atoms with E-state index in [0.717, 1.165) is 25.9 Å². The minimum absolute atomic E-state index is 0.0477. The van der Waals surface area contributed by atoms with E-state index < -0.39 is 0 Å². The number of hydrogen-bond donors (Lipinski definition) is 2. The lowest BCUT2D eigenvalue weighted by Crippen LogP contribution is -2.40. The third-order valence-corrected chi connectivity index (χ3v) is 3.59. The van der Waals surface area contributed by atoms with Crippen LogP contribution in [0.25, 0.3) is 0 Å². The molecular formula is C12H16ClN3O. The second-order valence-electron chi connectivity index (χ2n) is 4.73. The lowest BCUT2D eigenvalue weighted by atomic mass is 9.75. The number of nitrogens with two attached hydrogens (primary N) is 1. The van der Waals surface area contributed by atoms with E-state index in [1.54, 1.807) is 6.07 Å². The van der Waals surface area contributed by atoms with E-state index in [1.807, 2.05) is 6.92 Å². The van der Waals surface area contributed by atoms with Crippen molar-refractivity contribution in [3.63, 3.8) is 0 Å². The van der Waals surface area contributed by atoms with Crippen molar-refractivity contribution in [2.75, 3.05) is 18.8 Å². The Morgan fingerprint density at radius 1 is 1.53 bits per heavy atom. The lowest BCUT2D eigenvalue weighted by molar-refractivity contribution is 0.0763. The first-order valence-electron chi connectivity index (χ1n) is 5.69. The molecule has 0 aliphatic carbocycles. The number of carbonyl (C=O) groups excluding carboxylic acids is 1. The fourth-order valence-electron chi connectivity index (χ4n) is 2.16. The predicted molar refractivity (Wildman–Crippen MR) is 68.2 cm³/mol.